The smallest absolute Gasteiger partial charge is 0.254 e. The van der Waals surface area contributed by atoms with Crippen LogP contribution in [0.2, 0.25) is 5.02 Å². The number of aliphatic hydroxyl groups excluding tert-OH is 2. The molecule has 0 saturated heterocycles. The van der Waals surface area contributed by atoms with Gasteiger partial charge in [0.2, 0.25) is 0 Å². The number of aromatic nitrogens is 4. The molecule has 0 unspecified atom stereocenters. The van der Waals surface area contributed by atoms with Gasteiger partial charge in [-0.25, -0.2) is 4.98 Å². The highest BCUT2D eigenvalue weighted by Crippen LogP contribution is 2.22. The lowest BCUT2D eigenvalue weighted by Crippen LogP contribution is -2.32. The van der Waals surface area contributed by atoms with E-state index in [1.165, 1.54) is 10.8 Å². The SMILES string of the molecule is Cc1cc(N[C@H](CO)[C@H](O)c2ccc(Cl)cc2)n2ncnc2n1. The first-order valence-electron chi connectivity index (χ1n) is 7.07. The first-order chi connectivity index (χ1) is 11.1. The summed E-state index contributed by atoms with van der Waals surface area (Å²) in [5.74, 6) is 1.04. The van der Waals surface area contributed by atoms with Crippen LogP contribution in [-0.4, -0.2) is 42.4 Å². The van der Waals surface area contributed by atoms with Crippen molar-refractivity contribution < 1.29 is 10.2 Å². The van der Waals surface area contributed by atoms with Gasteiger partial charge in [0.1, 0.15) is 18.2 Å². The van der Waals surface area contributed by atoms with Crippen LogP contribution in [-0.2, 0) is 0 Å². The van der Waals surface area contributed by atoms with Gasteiger partial charge in [-0.3, -0.25) is 0 Å². The predicted molar refractivity (Wildman–Crippen MR) is 86.4 cm³/mol. The fraction of sp³-hybridized carbons (Fsp3) is 0.267. The van der Waals surface area contributed by atoms with Crippen molar-refractivity contribution in [1.29, 1.82) is 0 Å². The molecule has 2 heterocycles. The molecule has 0 aliphatic rings. The van der Waals surface area contributed by atoms with Gasteiger partial charge in [0, 0.05) is 16.8 Å². The summed E-state index contributed by atoms with van der Waals surface area (Å²) in [5.41, 5.74) is 1.41. The molecule has 8 heteroatoms. The van der Waals surface area contributed by atoms with Gasteiger partial charge in [-0.1, -0.05) is 23.7 Å². The number of aryl methyl sites for hydroxylation is 1. The minimum atomic E-state index is -0.913. The van der Waals surface area contributed by atoms with Gasteiger partial charge in [-0.2, -0.15) is 14.6 Å². The highest BCUT2D eigenvalue weighted by atomic mass is 35.5. The molecule has 0 fully saturated rings. The Morgan fingerprint density at radius 2 is 2.04 bits per heavy atom. The van der Waals surface area contributed by atoms with Crippen molar-refractivity contribution in [2.75, 3.05) is 11.9 Å². The lowest BCUT2D eigenvalue weighted by atomic mass is 10.0. The first-order valence-corrected chi connectivity index (χ1v) is 7.44. The van der Waals surface area contributed by atoms with E-state index in [1.54, 1.807) is 30.3 Å². The first kappa shape index (κ1) is 15.7. The minimum Gasteiger partial charge on any atom is -0.394 e. The number of aliphatic hydroxyl groups is 2. The molecule has 120 valence electrons. The van der Waals surface area contributed by atoms with E-state index in [0.717, 1.165) is 5.69 Å². The highest BCUT2D eigenvalue weighted by molar-refractivity contribution is 6.30. The third-order valence-corrected chi connectivity index (χ3v) is 3.75. The van der Waals surface area contributed by atoms with Crippen LogP contribution in [0.3, 0.4) is 0 Å². The number of nitrogens with one attached hydrogen (secondary N) is 1. The van der Waals surface area contributed by atoms with E-state index < -0.39 is 12.1 Å². The minimum absolute atomic E-state index is 0.263. The van der Waals surface area contributed by atoms with Crippen molar-refractivity contribution in [3.63, 3.8) is 0 Å². The number of benzene rings is 1. The van der Waals surface area contributed by atoms with Crippen molar-refractivity contribution in [3.8, 4) is 0 Å². The van der Waals surface area contributed by atoms with E-state index in [1.807, 2.05) is 6.92 Å². The summed E-state index contributed by atoms with van der Waals surface area (Å²) in [6.45, 7) is 1.57. The van der Waals surface area contributed by atoms with Gasteiger partial charge < -0.3 is 15.5 Å². The van der Waals surface area contributed by atoms with Crippen molar-refractivity contribution >= 4 is 23.2 Å². The molecule has 3 aromatic rings. The topological polar surface area (TPSA) is 95.6 Å². The maximum Gasteiger partial charge on any atom is 0.254 e. The zero-order valence-corrected chi connectivity index (χ0v) is 13.1. The lowest BCUT2D eigenvalue weighted by molar-refractivity contribution is 0.118. The third-order valence-electron chi connectivity index (χ3n) is 3.50. The monoisotopic (exact) mass is 333 g/mol. The molecule has 2 atom stereocenters. The Hall–Kier alpha value is -2.22. The number of nitrogens with zero attached hydrogens (tertiary/aromatic N) is 4. The van der Waals surface area contributed by atoms with Gasteiger partial charge >= 0.3 is 0 Å². The molecule has 0 radical (unpaired) electrons. The van der Waals surface area contributed by atoms with E-state index in [-0.39, 0.29) is 6.61 Å². The predicted octanol–water partition coefficient (Wildman–Crippen LogP) is 1.59. The number of rotatable bonds is 5. The third kappa shape index (κ3) is 3.26. The lowest BCUT2D eigenvalue weighted by Gasteiger charge is -2.24. The Labute approximate surface area is 137 Å². The molecule has 0 saturated carbocycles. The zero-order chi connectivity index (χ0) is 16.4. The molecular formula is C15H16ClN5O2. The molecule has 3 rings (SSSR count). The van der Waals surface area contributed by atoms with E-state index in [0.29, 0.717) is 22.2 Å². The molecule has 23 heavy (non-hydrogen) atoms. The van der Waals surface area contributed by atoms with Crippen LogP contribution in [0.1, 0.15) is 17.4 Å². The van der Waals surface area contributed by atoms with Crippen LogP contribution in [0.5, 0.6) is 0 Å². The second-order valence-corrected chi connectivity index (χ2v) is 5.62. The van der Waals surface area contributed by atoms with Crippen LogP contribution in [0, 0.1) is 6.92 Å². The molecule has 7 nitrogen and oxygen atoms in total. The standard InChI is InChI=1S/C15H16ClN5O2/c1-9-6-13(21-15(19-9)17-8-18-21)20-12(7-22)14(23)10-2-4-11(16)5-3-10/h2-6,8,12,14,20,22-23H,7H2,1H3/t12-,14-/m1/s1. The summed E-state index contributed by atoms with van der Waals surface area (Å²) >= 11 is 5.86. The number of halogens is 1. The number of fused-ring (bicyclic) bond motifs is 1. The second-order valence-electron chi connectivity index (χ2n) is 5.18. The van der Waals surface area contributed by atoms with Crippen LogP contribution in [0.15, 0.2) is 36.7 Å². The van der Waals surface area contributed by atoms with Gasteiger partial charge in [-0.15, -0.1) is 0 Å². The second kappa shape index (κ2) is 6.49. The maximum atomic E-state index is 10.5. The summed E-state index contributed by atoms with van der Waals surface area (Å²) in [6.07, 6.45) is 0.487. The highest BCUT2D eigenvalue weighted by Gasteiger charge is 2.21. The summed E-state index contributed by atoms with van der Waals surface area (Å²) in [6, 6.07) is 7.99. The number of hydrogen-bond acceptors (Lipinski definition) is 6. The summed E-state index contributed by atoms with van der Waals surface area (Å²) in [7, 11) is 0. The number of anilines is 1. The van der Waals surface area contributed by atoms with Crippen LogP contribution in [0.4, 0.5) is 5.82 Å². The van der Waals surface area contributed by atoms with E-state index in [4.69, 9.17) is 11.6 Å². The molecule has 0 bridgehead atoms. The Morgan fingerprint density at radius 3 is 2.74 bits per heavy atom. The molecule has 0 aliphatic heterocycles. The largest absolute Gasteiger partial charge is 0.394 e. The van der Waals surface area contributed by atoms with Crippen LogP contribution in [0.25, 0.3) is 5.78 Å². The van der Waals surface area contributed by atoms with Crippen molar-refractivity contribution in [2.24, 2.45) is 0 Å². The molecule has 3 N–H and O–H groups in total. The van der Waals surface area contributed by atoms with Gasteiger partial charge in [0.15, 0.2) is 0 Å². The Balaban J connectivity index is 1.88. The van der Waals surface area contributed by atoms with Crippen molar-refractivity contribution in [2.45, 2.75) is 19.1 Å². The van der Waals surface area contributed by atoms with Gasteiger partial charge in [-0.05, 0) is 24.6 Å². The average molecular weight is 334 g/mol. The zero-order valence-electron chi connectivity index (χ0n) is 12.4. The Kier molecular flexibility index (Phi) is 4.42. The van der Waals surface area contributed by atoms with E-state index >= 15 is 0 Å². The average Bonchev–Trinajstić information content (AvgIpc) is 3.00. The van der Waals surface area contributed by atoms with E-state index in [2.05, 4.69) is 20.4 Å². The Morgan fingerprint density at radius 1 is 1.30 bits per heavy atom. The fourth-order valence-electron chi connectivity index (χ4n) is 2.34. The molecule has 2 aromatic heterocycles. The normalized spacial score (nSPS) is 13.9. The fourth-order valence-corrected chi connectivity index (χ4v) is 2.47. The molecule has 0 spiro atoms. The van der Waals surface area contributed by atoms with Crippen molar-refractivity contribution in [3.05, 3.63) is 52.9 Å². The summed E-state index contributed by atoms with van der Waals surface area (Å²) in [5, 5.41) is 27.9. The molecule has 0 amide bonds. The summed E-state index contributed by atoms with van der Waals surface area (Å²) in [4.78, 5) is 8.30. The van der Waals surface area contributed by atoms with Crippen LogP contribution < -0.4 is 5.32 Å². The van der Waals surface area contributed by atoms with Crippen LogP contribution >= 0.6 is 11.6 Å². The summed E-state index contributed by atoms with van der Waals surface area (Å²) < 4.78 is 1.52. The Bertz CT molecular complexity index is 805. The van der Waals surface area contributed by atoms with Gasteiger partial charge in [0.05, 0.1) is 12.6 Å². The van der Waals surface area contributed by atoms with E-state index in [9.17, 15) is 10.2 Å². The maximum absolute atomic E-state index is 10.5. The quantitative estimate of drug-likeness (QED) is 0.656. The molecular weight excluding hydrogens is 318 g/mol. The van der Waals surface area contributed by atoms with Gasteiger partial charge in [0.25, 0.3) is 5.78 Å². The van der Waals surface area contributed by atoms with Crippen molar-refractivity contribution in [1.82, 2.24) is 19.6 Å². The number of hydrogen-bond donors (Lipinski definition) is 3. The molecule has 1 aromatic carbocycles. The molecule has 0 aliphatic carbocycles.